The van der Waals surface area contributed by atoms with Gasteiger partial charge in [-0.25, -0.2) is 4.99 Å². The molecule has 1 rings (SSSR count). The largest absolute Gasteiger partial charge is 0.434 e. The molecule has 1 aromatic carbocycles. The summed E-state index contributed by atoms with van der Waals surface area (Å²) in [5, 5.41) is 9.04. The van der Waals surface area contributed by atoms with E-state index in [1.807, 2.05) is 34.6 Å². The van der Waals surface area contributed by atoms with Crippen LogP contribution >= 0.6 is 24.0 Å². The van der Waals surface area contributed by atoms with Gasteiger partial charge in [-0.05, 0) is 19.9 Å². The average Bonchev–Trinajstić information content (AvgIpc) is 2.57. The monoisotopic (exact) mass is 512 g/mol. The van der Waals surface area contributed by atoms with Crippen LogP contribution in [0.25, 0.3) is 0 Å². The first-order valence-electron chi connectivity index (χ1n) is 8.98. The maximum atomic E-state index is 12.6. The summed E-state index contributed by atoms with van der Waals surface area (Å²) in [6, 6.07) is 5.01. The van der Waals surface area contributed by atoms with Gasteiger partial charge in [0.25, 0.3) is 0 Å². The van der Waals surface area contributed by atoms with E-state index < -0.39 is 12.0 Å². The van der Waals surface area contributed by atoms with Crippen molar-refractivity contribution in [2.45, 2.75) is 47.8 Å². The molecule has 0 aromatic heterocycles. The summed E-state index contributed by atoms with van der Waals surface area (Å²) in [5.41, 5.74) is 1.07. The summed E-state index contributed by atoms with van der Waals surface area (Å²) >= 11 is 0. The van der Waals surface area contributed by atoms with Gasteiger partial charge in [-0.15, -0.1) is 24.0 Å². The molecule has 0 saturated carbocycles. The Kier molecular flexibility index (Phi) is 12.0. The third kappa shape index (κ3) is 10.0. The molecule has 6 nitrogen and oxygen atoms in total. The van der Waals surface area contributed by atoms with Crippen LogP contribution in [0.2, 0.25) is 0 Å². The Labute approximate surface area is 182 Å². The molecule has 160 valence electrons. The minimum Gasteiger partial charge on any atom is -0.434 e. The van der Waals surface area contributed by atoms with Crippen LogP contribution in [-0.4, -0.2) is 38.1 Å². The highest BCUT2D eigenvalue weighted by atomic mass is 127. The number of aliphatic imine (C=N–C) groups is 1. The predicted molar refractivity (Wildman–Crippen MR) is 119 cm³/mol. The minimum absolute atomic E-state index is 0. The number of carbonyl (C=O) groups excluding carboxylic acids is 1. The van der Waals surface area contributed by atoms with Gasteiger partial charge >= 0.3 is 6.61 Å². The highest BCUT2D eigenvalue weighted by Gasteiger charge is 2.20. The zero-order valence-corrected chi connectivity index (χ0v) is 19.4. The normalized spacial score (nSPS) is 11.6. The van der Waals surface area contributed by atoms with Gasteiger partial charge in [0.2, 0.25) is 5.91 Å². The number of nitrogens with zero attached hydrogens (tertiary/aromatic N) is 1. The van der Waals surface area contributed by atoms with E-state index in [-0.39, 0.29) is 42.2 Å². The fraction of sp³-hybridized carbons (Fsp3) is 0.579. The number of carbonyl (C=O) groups is 1. The molecule has 9 heteroatoms. The molecule has 0 aliphatic rings. The van der Waals surface area contributed by atoms with Crippen molar-refractivity contribution >= 4 is 35.8 Å². The number of nitrogens with one attached hydrogen (secondary N) is 3. The third-order valence-electron chi connectivity index (χ3n) is 3.57. The second kappa shape index (κ2) is 12.7. The Morgan fingerprint density at radius 3 is 2.39 bits per heavy atom. The molecular formula is C19H31F2IN4O2. The number of halogens is 3. The first kappa shape index (κ1) is 26.4. The van der Waals surface area contributed by atoms with Gasteiger partial charge in [-0.2, -0.15) is 8.78 Å². The first-order valence-corrected chi connectivity index (χ1v) is 8.98. The van der Waals surface area contributed by atoms with E-state index in [1.54, 1.807) is 12.1 Å². The Balaban J connectivity index is 0.00000729. The number of hydrogen-bond acceptors (Lipinski definition) is 3. The predicted octanol–water partition coefficient (Wildman–Crippen LogP) is 3.43. The van der Waals surface area contributed by atoms with Gasteiger partial charge in [-0.3, -0.25) is 4.79 Å². The van der Waals surface area contributed by atoms with Gasteiger partial charge in [0, 0.05) is 30.6 Å². The van der Waals surface area contributed by atoms with E-state index in [4.69, 9.17) is 0 Å². The molecule has 0 aliphatic carbocycles. The lowest BCUT2D eigenvalue weighted by Crippen LogP contribution is -2.43. The van der Waals surface area contributed by atoms with E-state index in [0.29, 0.717) is 31.2 Å². The smallest absolute Gasteiger partial charge is 0.387 e. The molecule has 0 bridgehead atoms. The van der Waals surface area contributed by atoms with Crippen LogP contribution in [-0.2, 0) is 11.3 Å². The molecule has 0 saturated heterocycles. The average molecular weight is 512 g/mol. The topological polar surface area (TPSA) is 74.8 Å². The van der Waals surface area contributed by atoms with E-state index in [1.165, 1.54) is 6.07 Å². The Morgan fingerprint density at radius 1 is 1.18 bits per heavy atom. The third-order valence-corrected chi connectivity index (χ3v) is 3.57. The Bertz CT molecular complexity index is 649. The van der Waals surface area contributed by atoms with Crippen molar-refractivity contribution in [3.8, 4) is 5.75 Å². The molecule has 0 fully saturated rings. The second-order valence-electron chi connectivity index (χ2n) is 7.12. The van der Waals surface area contributed by atoms with Gasteiger partial charge < -0.3 is 20.7 Å². The molecule has 0 atom stereocenters. The van der Waals surface area contributed by atoms with Crippen molar-refractivity contribution in [3.05, 3.63) is 29.3 Å². The number of guanidine groups is 1. The van der Waals surface area contributed by atoms with Crippen molar-refractivity contribution in [3.63, 3.8) is 0 Å². The summed E-state index contributed by atoms with van der Waals surface area (Å²) < 4.78 is 29.7. The molecule has 1 aromatic rings. The molecule has 0 aliphatic heterocycles. The zero-order valence-electron chi connectivity index (χ0n) is 17.1. The lowest BCUT2D eigenvalue weighted by atomic mass is 9.96. The molecule has 3 N–H and O–H groups in total. The molecule has 0 spiro atoms. The first-order chi connectivity index (χ1) is 12.6. The number of aryl methyl sites for hydroxylation is 1. The number of benzene rings is 1. The quantitative estimate of drug-likeness (QED) is 0.216. The van der Waals surface area contributed by atoms with Crippen molar-refractivity contribution in [1.82, 2.24) is 16.0 Å². The van der Waals surface area contributed by atoms with E-state index in [2.05, 4.69) is 25.7 Å². The van der Waals surface area contributed by atoms with Crippen LogP contribution in [0.15, 0.2) is 23.2 Å². The minimum atomic E-state index is -2.88. The van der Waals surface area contributed by atoms with E-state index >= 15 is 0 Å². The molecular weight excluding hydrogens is 481 g/mol. The Morgan fingerprint density at radius 2 is 1.82 bits per heavy atom. The summed E-state index contributed by atoms with van der Waals surface area (Å²) in [6.07, 6.45) is 0. The number of hydrogen-bond donors (Lipinski definition) is 3. The molecule has 1 amide bonds. The fourth-order valence-electron chi connectivity index (χ4n) is 2.17. The maximum absolute atomic E-state index is 12.6. The highest BCUT2D eigenvalue weighted by molar-refractivity contribution is 14.0. The highest BCUT2D eigenvalue weighted by Crippen LogP contribution is 2.22. The van der Waals surface area contributed by atoms with E-state index in [0.717, 1.165) is 5.56 Å². The van der Waals surface area contributed by atoms with Crippen LogP contribution < -0.4 is 20.7 Å². The van der Waals surface area contributed by atoms with Crippen molar-refractivity contribution in [2.75, 3.05) is 19.6 Å². The van der Waals surface area contributed by atoms with Gasteiger partial charge in [-0.1, -0.05) is 38.5 Å². The summed E-state index contributed by atoms with van der Waals surface area (Å²) in [6.45, 7) is 8.24. The summed E-state index contributed by atoms with van der Waals surface area (Å²) in [7, 11) is 0. The van der Waals surface area contributed by atoms with Crippen LogP contribution in [0.4, 0.5) is 8.78 Å². The molecule has 0 unspecified atom stereocenters. The molecule has 0 radical (unpaired) electrons. The second-order valence-corrected chi connectivity index (χ2v) is 7.12. The zero-order chi connectivity index (χ0) is 20.4. The number of amides is 1. The van der Waals surface area contributed by atoms with E-state index in [9.17, 15) is 13.6 Å². The number of rotatable bonds is 8. The van der Waals surface area contributed by atoms with Crippen molar-refractivity contribution in [2.24, 2.45) is 10.4 Å². The van der Waals surface area contributed by atoms with Gasteiger partial charge in [0.1, 0.15) is 5.75 Å². The van der Waals surface area contributed by atoms with Crippen LogP contribution in [0.1, 0.15) is 38.8 Å². The molecule has 28 heavy (non-hydrogen) atoms. The number of ether oxygens (including phenoxy) is 1. The number of alkyl halides is 2. The van der Waals surface area contributed by atoms with Gasteiger partial charge in [0.15, 0.2) is 5.96 Å². The summed E-state index contributed by atoms with van der Waals surface area (Å²) in [4.78, 5) is 16.3. The molecule has 0 heterocycles. The van der Waals surface area contributed by atoms with Crippen LogP contribution in [0, 0.1) is 12.3 Å². The lowest BCUT2D eigenvalue weighted by Gasteiger charge is -2.18. The van der Waals surface area contributed by atoms with Crippen LogP contribution in [0.3, 0.4) is 0 Å². The maximum Gasteiger partial charge on any atom is 0.387 e. The van der Waals surface area contributed by atoms with Gasteiger partial charge in [0.05, 0.1) is 6.54 Å². The van der Waals surface area contributed by atoms with Crippen LogP contribution in [0.5, 0.6) is 5.75 Å². The fourth-order valence-corrected chi connectivity index (χ4v) is 2.17. The standard InChI is InChI=1S/C19H30F2N4O2.HI/c1-6-22-18(24-10-9-23-16(26)19(3,4)5)25-12-14-11-13(2)7-8-15(14)27-17(20)21;/h7-8,11,17H,6,9-10,12H2,1-5H3,(H,23,26)(H2,22,24,25);1H. The van der Waals surface area contributed by atoms with Crippen molar-refractivity contribution < 1.29 is 18.3 Å². The SMILES string of the molecule is CCNC(=NCc1cc(C)ccc1OC(F)F)NCCNC(=O)C(C)(C)C.I. The lowest BCUT2D eigenvalue weighted by molar-refractivity contribution is -0.128. The summed E-state index contributed by atoms with van der Waals surface area (Å²) in [5.74, 6) is 0.624. The van der Waals surface area contributed by atoms with Crippen molar-refractivity contribution in [1.29, 1.82) is 0 Å². The Hall–Kier alpha value is -1.65.